The van der Waals surface area contributed by atoms with Crippen LogP contribution < -0.4 is 4.74 Å². The van der Waals surface area contributed by atoms with Crippen LogP contribution in [0, 0.1) is 6.92 Å². The maximum atomic E-state index is 10.2. The van der Waals surface area contributed by atoms with Crippen molar-refractivity contribution in [3.8, 4) is 5.75 Å². The van der Waals surface area contributed by atoms with Crippen molar-refractivity contribution in [2.45, 2.75) is 26.1 Å². The molecule has 28 heavy (non-hydrogen) atoms. The Morgan fingerprint density at radius 1 is 1.25 bits per heavy atom. The van der Waals surface area contributed by atoms with Gasteiger partial charge in [0.1, 0.15) is 18.5 Å². The van der Waals surface area contributed by atoms with E-state index in [4.69, 9.17) is 9.47 Å². The van der Waals surface area contributed by atoms with Crippen molar-refractivity contribution in [1.29, 1.82) is 0 Å². The average Bonchev–Trinajstić information content (AvgIpc) is 2.69. The predicted octanol–water partition coefficient (Wildman–Crippen LogP) is 2.09. The van der Waals surface area contributed by atoms with Crippen molar-refractivity contribution in [3.63, 3.8) is 0 Å². The summed E-state index contributed by atoms with van der Waals surface area (Å²) < 4.78 is 11.2. The number of nitrogens with zero attached hydrogens (tertiary/aromatic N) is 3. The lowest BCUT2D eigenvalue weighted by molar-refractivity contribution is 0.00464. The fourth-order valence-electron chi connectivity index (χ4n) is 3.40. The lowest BCUT2D eigenvalue weighted by Crippen LogP contribution is -2.42. The highest BCUT2D eigenvalue weighted by atomic mass is 16.5. The molecule has 152 valence electrons. The van der Waals surface area contributed by atoms with Crippen LogP contribution in [0.1, 0.15) is 16.7 Å². The first-order chi connectivity index (χ1) is 13.6. The third kappa shape index (κ3) is 6.56. The molecule has 1 atom stereocenters. The summed E-state index contributed by atoms with van der Waals surface area (Å²) in [6.45, 7) is 7.93. The first-order valence-corrected chi connectivity index (χ1v) is 9.88. The van der Waals surface area contributed by atoms with Gasteiger partial charge in [-0.3, -0.25) is 14.8 Å². The van der Waals surface area contributed by atoms with Crippen LogP contribution in [-0.2, 0) is 17.8 Å². The minimum Gasteiger partial charge on any atom is -0.491 e. The first-order valence-electron chi connectivity index (χ1n) is 9.88. The van der Waals surface area contributed by atoms with Gasteiger partial charge in [-0.2, -0.15) is 0 Å². The summed E-state index contributed by atoms with van der Waals surface area (Å²) in [6.07, 6.45) is 3.24. The topological polar surface area (TPSA) is 58.1 Å². The Labute approximate surface area is 167 Å². The predicted molar refractivity (Wildman–Crippen MR) is 109 cm³/mol. The van der Waals surface area contributed by atoms with Crippen LogP contribution in [-0.4, -0.2) is 72.5 Å². The number of pyridine rings is 1. The van der Waals surface area contributed by atoms with E-state index in [2.05, 4.69) is 47.0 Å². The van der Waals surface area contributed by atoms with Crippen molar-refractivity contribution in [2.24, 2.45) is 0 Å². The second-order valence-corrected chi connectivity index (χ2v) is 7.50. The molecule has 1 saturated heterocycles. The Hall–Kier alpha value is -1.99. The molecule has 1 fully saturated rings. The Bertz CT molecular complexity index is 734. The van der Waals surface area contributed by atoms with Crippen LogP contribution in [0.4, 0.5) is 0 Å². The molecule has 6 heteroatoms. The van der Waals surface area contributed by atoms with Crippen LogP contribution >= 0.6 is 0 Å². The molecule has 1 aliphatic heterocycles. The SMILES string of the molecule is Cc1cnccc1CN(C)Cc1cccc(OCC(O)CN2CCOCC2)c1. The van der Waals surface area contributed by atoms with Gasteiger partial charge in [-0.25, -0.2) is 0 Å². The van der Waals surface area contributed by atoms with E-state index in [-0.39, 0.29) is 0 Å². The Morgan fingerprint density at radius 3 is 2.86 bits per heavy atom. The first kappa shape index (κ1) is 20.7. The number of aromatic nitrogens is 1. The molecular weight excluding hydrogens is 354 g/mol. The number of aryl methyl sites for hydroxylation is 1. The van der Waals surface area contributed by atoms with E-state index in [9.17, 15) is 5.11 Å². The normalized spacial score (nSPS) is 16.3. The van der Waals surface area contributed by atoms with Crippen molar-refractivity contribution < 1.29 is 14.6 Å². The summed E-state index contributed by atoms with van der Waals surface area (Å²) in [6, 6.07) is 10.2. The van der Waals surface area contributed by atoms with E-state index >= 15 is 0 Å². The van der Waals surface area contributed by atoms with Gasteiger partial charge in [0, 0.05) is 45.1 Å². The number of β-amino-alcohol motifs (C(OH)–C–C–N with tert-alkyl or cyclic N) is 1. The highest BCUT2D eigenvalue weighted by Gasteiger charge is 2.15. The molecule has 0 saturated carbocycles. The number of ether oxygens (including phenoxy) is 2. The molecule has 1 aromatic heterocycles. The van der Waals surface area contributed by atoms with Crippen LogP contribution in [0.3, 0.4) is 0 Å². The Morgan fingerprint density at radius 2 is 2.07 bits per heavy atom. The zero-order chi connectivity index (χ0) is 19.8. The third-order valence-electron chi connectivity index (χ3n) is 4.94. The van der Waals surface area contributed by atoms with Gasteiger partial charge < -0.3 is 14.6 Å². The van der Waals surface area contributed by atoms with Gasteiger partial charge in [0.25, 0.3) is 0 Å². The molecule has 2 aromatic rings. The summed E-state index contributed by atoms with van der Waals surface area (Å²) in [5, 5.41) is 10.2. The van der Waals surface area contributed by atoms with E-state index in [0.29, 0.717) is 13.2 Å². The van der Waals surface area contributed by atoms with Crippen molar-refractivity contribution in [2.75, 3.05) is 46.5 Å². The van der Waals surface area contributed by atoms with E-state index in [1.54, 1.807) is 0 Å². The number of hydrogen-bond donors (Lipinski definition) is 1. The summed E-state index contributed by atoms with van der Waals surface area (Å²) in [5.74, 6) is 0.798. The monoisotopic (exact) mass is 385 g/mol. The molecule has 3 rings (SSSR count). The van der Waals surface area contributed by atoms with Crippen molar-refractivity contribution >= 4 is 0 Å². The second-order valence-electron chi connectivity index (χ2n) is 7.50. The average molecular weight is 386 g/mol. The van der Waals surface area contributed by atoms with Gasteiger partial charge >= 0.3 is 0 Å². The summed E-state index contributed by atoms with van der Waals surface area (Å²) in [4.78, 5) is 8.64. The van der Waals surface area contributed by atoms with Crippen LogP contribution in [0.15, 0.2) is 42.7 Å². The summed E-state index contributed by atoms with van der Waals surface area (Å²) in [5.41, 5.74) is 3.69. The molecule has 0 amide bonds. The van der Waals surface area contributed by atoms with Crippen molar-refractivity contribution in [1.82, 2.24) is 14.8 Å². The molecule has 2 heterocycles. The lowest BCUT2D eigenvalue weighted by Gasteiger charge is -2.28. The fourth-order valence-corrected chi connectivity index (χ4v) is 3.40. The number of aliphatic hydroxyl groups is 1. The molecule has 0 aliphatic carbocycles. The Kier molecular flexibility index (Phi) is 7.80. The summed E-state index contributed by atoms with van der Waals surface area (Å²) in [7, 11) is 2.11. The van der Waals surface area contributed by atoms with E-state index < -0.39 is 6.10 Å². The number of rotatable bonds is 9. The van der Waals surface area contributed by atoms with Crippen LogP contribution in [0.5, 0.6) is 5.75 Å². The number of hydrogen-bond acceptors (Lipinski definition) is 6. The minimum absolute atomic E-state index is 0.298. The largest absolute Gasteiger partial charge is 0.491 e. The van der Waals surface area contributed by atoms with E-state index in [1.165, 1.54) is 16.7 Å². The zero-order valence-corrected chi connectivity index (χ0v) is 16.9. The van der Waals surface area contributed by atoms with Crippen LogP contribution in [0.25, 0.3) is 0 Å². The van der Waals surface area contributed by atoms with Gasteiger partial charge in [-0.05, 0) is 48.9 Å². The molecule has 0 spiro atoms. The van der Waals surface area contributed by atoms with Crippen molar-refractivity contribution in [3.05, 3.63) is 59.4 Å². The zero-order valence-electron chi connectivity index (χ0n) is 16.9. The Balaban J connectivity index is 1.47. The minimum atomic E-state index is -0.501. The quantitative estimate of drug-likeness (QED) is 0.713. The van der Waals surface area contributed by atoms with Gasteiger partial charge in [0.2, 0.25) is 0 Å². The molecule has 0 radical (unpaired) electrons. The molecule has 1 N–H and O–H groups in total. The third-order valence-corrected chi connectivity index (χ3v) is 4.94. The standard InChI is InChI=1S/C22H31N3O3/c1-18-13-23-7-6-20(18)15-24(2)14-19-4-3-5-22(12-19)28-17-21(26)16-25-8-10-27-11-9-25/h3-7,12-13,21,26H,8-11,14-17H2,1-2H3. The molecule has 0 bridgehead atoms. The molecular formula is C22H31N3O3. The fraction of sp³-hybridized carbons (Fsp3) is 0.500. The van der Waals surface area contributed by atoms with E-state index in [0.717, 1.165) is 45.1 Å². The van der Waals surface area contributed by atoms with E-state index in [1.807, 2.05) is 24.5 Å². The molecule has 1 aliphatic rings. The maximum absolute atomic E-state index is 10.2. The van der Waals surface area contributed by atoms with Gasteiger partial charge in [-0.15, -0.1) is 0 Å². The number of morpholine rings is 1. The summed E-state index contributed by atoms with van der Waals surface area (Å²) >= 11 is 0. The van der Waals surface area contributed by atoms with Gasteiger partial charge in [0.15, 0.2) is 0 Å². The molecule has 1 unspecified atom stereocenters. The number of aliphatic hydroxyl groups excluding tert-OH is 1. The second kappa shape index (κ2) is 10.5. The highest BCUT2D eigenvalue weighted by molar-refractivity contribution is 5.29. The molecule has 1 aromatic carbocycles. The number of benzene rings is 1. The maximum Gasteiger partial charge on any atom is 0.119 e. The van der Waals surface area contributed by atoms with Crippen LogP contribution in [0.2, 0.25) is 0 Å². The molecule has 6 nitrogen and oxygen atoms in total. The lowest BCUT2D eigenvalue weighted by atomic mass is 10.1. The van der Waals surface area contributed by atoms with Gasteiger partial charge in [0.05, 0.1) is 13.2 Å². The van der Waals surface area contributed by atoms with Gasteiger partial charge in [-0.1, -0.05) is 12.1 Å². The highest BCUT2D eigenvalue weighted by Crippen LogP contribution is 2.17. The smallest absolute Gasteiger partial charge is 0.119 e.